The molecule has 0 atom stereocenters. The Labute approximate surface area is 192 Å². The smallest absolute Gasteiger partial charge is 0.355 e. The Morgan fingerprint density at radius 2 is 1.88 bits per heavy atom. The molecule has 4 N–H and O–H groups in total. The summed E-state index contributed by atoms with van der Waals surface area (Å²) in [4.78, 5) is 31.3. The zero-order chi connectivity index (χ0) is 22.9. The summed E-state index contributed by atoms with van der Waals surface area (Å²) in [5, 5.41) is 10.8. The monoisotopic (exact) mass is 478 g/mol. The van der Waals surface area contributed by atoms with Crippen molar-refractivity contribution >= 4 is 52.8 Å². The Balaban J connectivity index is 0.00000306. The second-order valence-electron chi connectivity index (χ2n) is 6.96. The van der Waals surface area contributed by atoms with Crippen LogP contribution in [0.25, 0.3) is 0 Å². The maximum Gasteiger partial charge on any atom is 0.419 e. The minimum atomic E-state index is -4.67. The number of benzene rings is 1. The highest BCUT2D eigenvalue weighted by molar-refractivity contribution is 6.00. The van der Waals surface area contributed by atoms with Gasteiger partial charge >= 0.3 is 6.18 Å². The zero-order valence-electron chi connectivity index (χ0n) is 17.1. The predicted molar refractivity (Wildman–Crippen MR) is 119 cm³/mol. The van der Waals surface area contributed by atoms with E-state index in [1.165, 1.54) is 31.6 Å². The molecular weight excluding hydrogens is 461 g/mol. The van der Waals surface area contributed by atoms with E-state index in [0.717, 1.165) is 5.56 Å². The van der Waals surface area contributed by atoms with Gasteiger partial charge in [-0.1, -0.05) is 0 Å². The Hall–Kier alpha value is -3.86. The lowest BCUT2D eigenvalue weighted by Crippen LogP contribution is -2.19. The minimum absolute atomic E-state index is 0. The fourth-order valence-electron chi connectivity index (χ4n) is 3.27. The van der Waals surface area contributed by atoms with E-state index < -0.39 is 17.6 Å². The van der Waals surface area contributed by atoms with Crippen molar-refractivity contribution in [1.82, 2.24) is 15.3 Å². The van der Waals surface area contributed by atoms with E-state index in [4.69, 9.17) is 0 Å². The van der Waals surface area contributed by atoms with Crippen LogP contribution in [0.15, 0.2) is 48.9 Å². The van der Waals surface area contributed by atoms with Crippen molar-refractivity contribution < 1.29 is 22.8 Å². The van der Waals surface area contributed by atoms with E-state index in [1.54, 1.807) is 18.2 Å². The number of halogens is 4. The molecule has 0 bridgehead atoms. The molecule has 1 aliphatic rings. The molecule has 3 heterocycles. The van der Waals surface area contributed by atoms with Crippen molar-refractivity contribution in [1.29, 1.82) is 0 Å². The minimum Gasteiger partial charge on any atom is -0.355 e. The predicted octanol–water partition coefficient (Wildman–Crippen LogP) is 4.26. The number of anilines is 5. The highest BCUT2D eigenvalue weighted by Gasteiger charge is 2.34. The van der Waals surface area contributed by atoms with Crippen LogP contribution in [0.3, 0.4) is 0 Å². The molecule has 0 aliphatic carbocycles. The third kappa shape index (κ3) is 5.14. The zero-order valence-corrected chi connectivity index (χ0v) is 17.9. The van der Waals surface area contributed by atoms with Crippen molar-refractivity contribution in [3.63, 3.8) is 0 Å². The summed E-state index contributed by atoms with van der Waals surface area (Å²) in [6, 6.07) is 7.73. The Bertz CT molecular complexity index is 1220. The summed E-state index contributed by atoms with van der Waals surface area (Å²) < 4.78 is 40.8. The van der Waals surface area contributed by atoms with Gasteiger partial charge in [-0.15, -0.1) is 12.4 Å². The molecule has 0 unspecified atom stereocenters. The summed E-state index contributed by atoms with van der Waals surface area (Å²) in [5.41, 5.74) is 0.999. The van der Waals surface area contributed by atoms with Gasteiger partial charge in [0, 0.05) is 43.1 Å². The SMILES string of the molecule is CNC(=O)c1cnccc1Nc1cc(Nc2ccc3c(c2)CC(=O)N3)ncc1C(F)(F)F.Cl. The second kappa shape index (κ2) is 9.33. The van der Waals surface area contributed by atoms with Crippen LogP contribution < -0.4 is 21.3 Å². The number of pyridine rings is 2. The number of hydrogen-bond donors (Lipinski definition) is 4. The van der Waals surface area contributed by atoms with Crippen LogP contribution in [0.4, 0.5) is 41.7 Å². The van der Waals surface area contributed by atoms with Crippen LogP contribution >= 0.6 is 12.4 Å². The summed E-state index contributed by atoms with van der Waals surface area (Å²) >= 11 is 0. The molecular formula is C21H18ClF3N6O2. The molecule has 0 saturated heterocycles. The molecule has 1 aliphatic heterocycles. The van der Waals surface area contributed by atoms with Crippen molar-refractivity contribution in [2.24, 2.45) is 0 Å². The molecule has 172 valence electrons. The number of rotatable bonds is 5. The summed E-state index contributed by atoms with van der Waals surface area (Å²) in [6.45, 7) is 0. The maximum absolute atomic E-state index is 13.6. The standard InChI is InChI=1S/C21H17F3N6O2.ClH/c1-25-20(32)13-9-26-5-4-16(13)29-17-8-18(27-10-14(17)21(22,23)24)28-12-2-3-15-11(6-12)7-19(31)30-15;/h2-6,8-10H,7H2,1H3,(H,25,32)(H,30,31)(H2,26,27,28,29);1H. The summed E-state index contributed by atoms with van der Waals surface area (Å²) in [5.74, 6) is -0.475. The number of amides is 2. The Morgan fingerprint density at radius 3 is 2.61 bits per heavy atom. The first-order chi connectivity index (χ1) is 15.2. The van der Waals surface area contributed by atoms with E-state index in [0.29, 0.717) is 17.6 Å². The van der Waals surface area contributed by atoms with Gasteiger partial charge in [0.25, 0.3) is 5.91 Å². The number of nitrogens with one attached hydrogen (secondary N) is 4. The van der Waals surface area contributed by atoms with Gasteiger partial charge in [0.05, 0.1) is 28.9 Å². The fraction of sp³-hybridized carbons (Fsp3) is 0.143. The second-order valence-corrected chi connectivity index (χ2v) is 6.96. The number of aromatic nitrogens is 2. The van der Waals surface area contributed by atoms with Crippen molar-refractivity contribution in [2.75, 3.05) is 23.0 Å². The van der Waals surface area contributed by atoms with Crippen LogP contribution in [0.1, 0.15) is 21.5 Å². The number of alkyl halides is 3. The normalized spacial score (nSPS) is 12.3. The lowest BCUT2D eigenvalue weighted by atomic mass is 10.1. The number of hydrogen-bond acceptors (Lipinski definition) is 6. The van der Waals surface area contributed by atoms with Crippen molar-refractivity contribution in [3.05, 3.63) is 65.6 Å². The number of carbonyl (C=O) groups is 2. The number of carbonyl (C=O) groups excluding carboxylic acids is 2. The molecule has 8 nitrogen and oxygen atoms in total. The largest absolute Gasteiger partial charge is 0.419 e. The molecule has 0 radical (unpaired) electrons. The molecule has 0 saturated carbocycles. The van der Waals surface area contributed by atoms with Gasteiger partial charge in [-0.05, 0) is 29.8 Å². The van der Waals surface area contributed by atoms with Crippen LogP contribution in [-0.2, 0) is 17.4 Å². The van der Waals surface area contributed by atoms with Crippen LogP contribution in [0.5, 0.6) is 0 Å². The van der Waals surface area contributed by atoms with Crippen molar-refractivity contribution in [2.45, 2.75) is 12.6 Å². The van der Waals surface area contributed by atoms with Crippen LogP contribution in [0.2, 0.25) is 0 Å². The van der Waals surface area contributed by atoms with E-state index >= 15 is 0 Å². The molecule has 4 rings (SSSR count). The molecule has 0 spiro atoms. The molecule has 0 fully saturated rings. The Morgan fingerprint density at radius 1 is 1.09 bits per heavy atom. The topological polar surface area (TPSA) is 108 Å². The van der Waals surface area contributed by atoms with Crippen LogP contribution in [-0.4, -0.2) is 28.8 Å². The molecule has 1 aromatic carbocycles. The van der Waals surface area contributed by atoms with E-state index in [2.05, 4.69) is 31.2 Å². The number of nitrogens with zero attached hydrogens (tertiary/aromatic N) is 2. The lowest BCUT2D eigenvalue weighted by molar-refractivity contribution is -0.137. The first-order valence-corrected chi connectivity index (χ1v) is 9.45. The third-order valence-electron chi connectivity index (χ3n) is 4.77. The van der Waals surface area contributed by atoms with Gasteiger partial charge in [0.15, 0.2) is 0 Å². The average molecular weight is 479 g/mol. The van der Waals surface area contributed by atoms with Gasteiger partial charge < -0.3 is 21.3 Å². The van der Waals surface area contributed by atoms with Gasteiger partial charge in [0.2, 0.25) is 5.91 Å². The molecule has 2 aromatic heterocycles. The average Bonchev–Trinajstić information content (AvgIpc) is 3.12. The van der Waals surface area contributed by atoms with E-state index in [-0.39, 0.29) is 47.5 Å². The maximum atomic E-state index is 13.6. The highest BCUT2D eigenvalue weighted by atomic mass is 35.5. The van der Waals surface area contributed by atoms with E-state index in [9.17, 15) is 22.8 Å². The quantitative estimate of drug-likeness (QED) is 0.436. The summed E-state index contributed by atoms with van der Waals surface area (Å²) in [7, 11) is 1.41. The van der Waals surface area contributed by atoms with Gasteiger partial charge in [0.1, 0.15) is 5.82 Å². The highest BCUT2D eigenvalue weighted by Crippen LogP contribution is 2.37. The molecule has 2 amide bonds. The van der Waals surface area contributed by atoms with E-state index in [1.807, 2.05) is 0 Å². The first-order valence-electron chi connectivity index (χ1n) is 9.45. The van der Waals surface area contributed by atoms with Gasteiger partial charge in [-0.3, -0.25) is 14.6 Å². The fourth-order valence-corrected chi connectivity index (χ4v) is 3.27. The molecule has 12 heteroatoms. The molecule has 3 aromatic rings. The Kier molecular flexibility index (Phi) is 6.73. The molecule has 33 heavy (non-hydrogen) atoms. The third-order valence-corrected chi connectivity index (χ3v) is 4.77. The number of fused-ring (bicyclic) bond motifs is 1. The van der Waals surface area contributed by atoms with Crippen LogP contribution in [0, 0.1) is 0 Å². The van der Waals surface area contributed by atoms with Crippen molar-refractivity contribution in [3.8, 4) is 0 Å². The summed E-state index contributed by atoms with van der Waals surface area (Å²) in [6.07, 6.45) is -1.11. The first kappa shape index (κ1) is 23.8. The van der Waals surface area contributed by atoms with Gasteiger partial charge in [-0.2, -0.15) is 13.2 Å². The van der Waals surface area contributed by atoms with Gasteiger partial charge in [-0.25, -0.2) is 4.98 Å². The lowest BCUT2D eigenvalue weighted by Gasteiger charge is -2.17.